The lowest BCUT2D eigenvalue weighted by Gasteiger charge is -2.22. The number of rotatable bonds is 11. The van der Waals surface area contributed by atoms with Crippen LogP contribution in [0.2, 0.25) is 10.0 Å². The van der Waals surface area contributed by atoms with Gasteiger partial charge in [0.15, 0.2) is 6.10 Å². The maximum atomic E-state index is 12.8. The van der Waals surface area contributed by atoms with E-state index in [-0.39, 0.29) is 17.5 Å². The van der Waals surface area contributed by atoms with E-state index in [0.29, 0.717) is 28.5 Å². The Morgan fingerprint density at radius 3 is 2.51 bits per heavy atom. The second kappa shape index (κ2) is 14.0. The molecule has 2 amide bonds. The molecule has 0 saturated heterocycles. The van der Waals surface area contributed by atoms with Gasteiger partial charge >= 0.3 is 0 Å². The quantitative estimate of drug-likeness (QED) is 0.216. The van der Waals surface area contributed by atoms with Gasteiger partial charge in [-0.05, 0) is 55.7 Å². The molecule has 0 aliphatic carbocycles. The van der Waals surface area contributed by atoms with Crippen molar-refractivity contribution in [3.05, 3.63) is 56.5 Å². The van der Waals surface area contributed by atoms with E-state index in [9.17, 15) is 9.59 Å². The van der Waals surface area contributed by atoms with Gasteiger partial charge in [-0.15, -0.1) is 6.42 Å². The van der Waals surface area contributed by atoms with E-state index >= 15 is 0 Å². The van der Waals surface area contributed by atoms with Crippen LogP contribution in [-0.4, -0.2) is 36.8 Å². The van der Waals surface area contributed by atoms with E-state index in [0.717, 1.165) is 4.47 Å². The number of ether oxygens (including phenoxy) is 2. The average molecular weight is 583 g/mol. The number of nitrogens with one attached hydrogen (secondary N) is 2. The molecule has 2 atom stereocenters. The first-order chi connectivity index (χ1) is 16.6. The van der Waals surface area contributed by atoms with Crippen molar-refractivity contribution in [1.29, 1.82) is 0 Å². The molecule has 2 aromatic carbocycles. The number of hydrazone groups is 1. The fourth-order valence-corrected chi connectivity index (χ4v) is 3.75. The zero-order valence-electron chi connectivity index (χ0n) is 19.5. The van der Waals surface area contributed by atoms with Gasteiger partial charge in [0.05, 0.1) is 11.2 Å². The van der Waals surface area contributed by atoms with Crippen molar-refractivity contribution in [2.45, 2.75) is 39.3 Å². The zero-order valence-corrected chi connectivity index (χ0v) is 22.6. The molecule has 0 radical (unpaired) electrons. The van der Waals surface area contributed by atoms with Crippen LogP contribution < -0.4 is 20.2 Å². The molecule has 10 heteroatoms. The Labute approximate surface area is 223 Å². The van der Waals surface area contributed by atoms with Crippen LogP contribution in [0.25, 0.3) is 0 Å². The van der Waals surface area contributed by atoms with Crippen LogP contribution in [0.15, 0.2) is 46.0 Å². The molecule has 186 valence electrons. The van der Waals surface area contributed by atoms with Gasteiger partial charge in [-0.1, -0.05) is 58.9 Å². The third-order valence-electron chi connectivity index (χ3n) is 4.57. The first-order valence-electron chi connectivity index (χ1n) is 10.7. The molecule has 7 nitrogen and oxygen atoms in total. The van der Waals surface area contributed by atoms with Crippen LogP contribution in [0.1, 0.15) is 32.8 Å². The smallest absolute Gasteiger partial charge is 0.262 e. The summed E-state index contributed by atoms with van der Waals surface area (Å²) in [7, 11) is 0. The maximum Gasteiger partial charge on any atom is 0.262 e. The largest absolute Gasteiger partial charge is 0.480 e. The summed E-state index contributed by atoms with van der Waals surface area (Å²) >= 11 is 15.4. The SMILES string of the molecule is C#CCOc1ccc(Br)cc1/C=N\NC(=O)[C@H](CC(C)C)NC(=O)[C@@H](C)Oc1ccc(Cl)cc1Cl. The Bertz CT molecular complexity index is 1120. The zero-order chi connectivity index (χ0) is 26.0. The fraction of sp³-hybridized carbons (Fsp3) is 0.320. The van der Waals surface area contributed by atoms with Gasteiger partial charge in [0.25, 0.3) is 11.8 Å². The number of carbonyl (C=O) groups is 2. The Balaban J connectivity index is 2.06. The Morgan fingerprint density at radius 1 is 1.14 bits per heavy atom. The van der Waals surface area contributed by atoms with Crippen LogP contribution in [0.3, 0.4) is 0 Å². The predicted octanol–water partition coefficient (Wildman–Crippen LogP) is 5.22. The molecule has 2 aromatic rings. The van der Waals surface area contributed by atoms with Gasteiger partial charge in [0.2, 0.25) is 0 Å². The van der Waals surface area contributed by atoms with Crippen molar-refractivity contribution in [1.82, 2.24) is 10.7 Å². The van der Waals surface area contributed by atoms with E-state index in [2.05, 4.69) is 37.7 Å². The molecular formula is C25H26BrCl2N3O4. The van der Waals surface area contributed by atoms with Crippen molar-refractivity contribution in [3.63, 3.8) is 0 Å². The summed E-state index contributed by atoms with van der Waals surface area (Å²) in [4.78, 5) is 25.6. The van der Waals surface area contributed by atoms with Gasteiger partial charge < -0.3 is 14.8 Å². The molecule has 2 rings (SSSR count). The summed E-state index contributed by atoms with van der Waals surface area (Å²) in [5.41, 5.74) is 3.09. The number of hydrogen-bond acceptors (Lipinski definition) is 5. The number of carbonyl (C=O) groups excluding carboxylic acids is 2. The standard InChI is InChI=1S/C25H26BrCl2N3O4/c1-5-10-34-22-8-6-18(26)12-17(22)14-29-31-25(33)21(11-15(2)3)30-24(32)16(4)35-23-9-7-19(27)13-20(23)28/h1,6-9,12-16,21H,10-11H2,2-4H3,(H,30,32)(H,31,33)/b29-14-/t16-,21+/m1/s1. The molecule has 2 N–H and O–H groups in total. The summed E-state index contributed by atoms with van der Waals surface area (Å²) in [6.45, 7) is 5.55. The van der Waals surface area contributed by atoms with Crippen LogP contribution in [0.5, 0.6) is 11.5 Å². The minimum atomic E-state index is -0.905. The number of amides is 2. The van der Waals surface area contributed by atoms with Crippen LogP contribution >= 0.6 is 39.1 Å². The molecule has 0 aliphatic rings. The molecule has 0 aromatic heterocycles. The van der Waals surface area contributed by atoms with E-state index in [1.807, 2.05) is 13.8 Å². The van der Waals surface area contributed by atoms with Crippen LogP contribution in [0.4, 0.5) is 0 Å². The molecule has 0 bridgehead atoms. The van der Waals surface area contributed by atoms with E-state index in [4.69, 9.17) is 39.1 Å². The van der Waals surface area contributed by atoms with Crippen molar-refractivity contribution in [2.24, 2.45) is 11.0 Å². The molecule has 0 unspecified atom stereocenters. The van der Waals surface area contributed by atoms with E-state index < -0.39 is 24.0 Å². The highest BCUT2D eigenvalue weighted by Crippen LogP contribution is 2.28. The van der Waals surface area contributed by atoms with Crippen LogP contribution in [0, 0.1) is 18.3 Å². The minimum absolute atomic E-state index is 0.0960. The van der Waals surface area contributed by atoms with Gasteiger partial charge in [-0.3, -0.25) is 9.59 Å². The Kier molecular flexibility index (Phi) is 11.4. The van der Waals surface area contributed by atoms with Crippen molar-refractivity contribution in [2.75, 3.05) is 6.61 Å². The number of benzene rings is 2. The predicted molar refractivity (Wildman–Crippen MR) is 142 cm³/mol. The first-order valence-corrected chi connectivity index (χ1v) is 12.3. The Hall–Kier alpha value is -2.73. The lowest BCUT2D eigenvalue weighted by Crippen LogP contribution is -2.49. The van der Waals surface area contributed by atoms with Crippen molar-refractivity contribution >= 4 is 57.2 Å². The highest BCUT2D eigenvalue weighted by Gasteiger charge is 2.25. The average Bonchev–Trinajstić information content (AvgIpc) is 2.79. The highest BCUT2D eigenvalue weighted by molar-refractivity contribution is 9.10. The topological polar surface area (TPSA) is 89.0 Å². The third-order valence-corrected chi connectivity index (χ3v) is 5.59. The summed E-state index contributed by atoms with van der Waals surface area (Å²) < 4.78 is 11.9. The van der Waals surface area contributed by atoms with Gasteiger partial charge in [0.1, 0.15) is 24.1 Å². The third kappa shape index (κ3) is 9.44. The number of halogens is 3. The van der Waals surface area contributed by atoms with Crippen LogP contribution in [-0.2, 0) is 9.59 Å². The second-order valence-corrected chi connectivity index (χ2v) is 9.69. The lowest BCUT2D eigenvalue weighted by atomic mass is 10.0. The fourth-order valence-electron chi connectivity index (χ4n) is 2.92. The second-order valence-electron chi connectivity index (χ2n) is 7.93. The molecule has 35 heavy (non-hydrogen) atoms. The monoisotopic (exact) mass is 581 g/mol. The molecule has 0 aliphatic heterocycles. The van der Waals surface area contributed by atoms with Gasteiger partial charge in [0, 0.05) is 15.1 Å². The normalized spacial score (nSPS) is 12.6. The minimum Gasteiger partial charge on any atom is -0.480 e. The number of hydrogen-bond donors (Lipinski definition) is 2. The number of terminal acetylenes is 1. The molecule has 0 spiro atoms. The van der Waals surface area contributed by atoms with E-state index in [1.54, 1.807) is 37.3 Å². The summed E-state index contributed by atoms with van der Waals surface area (Å²) in [6.07, 6.45) is 6.19. The highest BCUT2D eigenvalue weighted by atomic mass is 79.9. The molecular weight excluding hydrogens is 557 g/mol. The van der Waals surface area contributed by atoms with Gasteiger partial charge in [-0.2, -0.15) is 5.10 Å². The molecule has 0 saturated carbocycles. The van der Waals surface area contributed by atoms with E-state index in [1.165, 1.54) is 12.3 Å². The van der Waals surface area contributed by atoms with Gasteiger partial charge in [-0.25, -0.2) is 5.43 Å². The molecule has 0 fully saturated rings. The Morgan fingerprint density at radius 2 is 1.86 bits per heavy atom. The van der Waals surface area contributed by atoms with Crippen molar-refractivity contribution in [3.8, 4) is 23.8 Å². The molecule has 0 heterocycles. The summed E-state index contributed by atoms with van der Waals surface area (Å²) in [5.74, 6) is 2.41. The summed E-state index contributed by atoms with van der Waals surface area (Å²) in [6, 6.07) is 9.18. The first kappa shape index (κ1) is 28.5. The lowest BCUT2D eigenvalue weighted by molar-refractivity contribution is -0.132. The van der Waals surface area contributed by atoms with Crippen molar-refractivity contribution < 1.29 is 19.1 Å². The number of nitrogens with zero attached hydrogens (tertiary/aromatic N) is 1. The summed E-state index contributed by atoms with van der Waals surface area (Å²) in [5, 5.41) is 7.48. The maximum absolute atomic E-state index is 12.8.